The van der Waals surface area contributed by atoms with E-state index in [2.05, 4.69) is 10.3 Å². The van der Waals surface area contributed by atoms with Gasteiger partial charge >= 0.3 is 5.97 Å². The standard InChI is InChI=1S/C24H20N2O3/c27-23(20-15-9-10-16(13-15)21(20)24(28)29)26-19-8-4-7-18-17(11-12-25-22(18)19)14-5-2-1-3-6-14/h1-12,15-16,20-21H,13H2,(H,26,27)(H,28,29)/t15-,16+,20-,21+/m0/s1. The molecule has 4 atom stereocenters. The maximum Gasteiger partial charge on any atom is 0.307 e. The maximum atomic E-state index is 13.1. The summed E-state index contributed by atoms with van der Waals surface area (Å²) in [6.45, 7) is 0. The number of carboxylic acid groups (broad SMARTS) is 1. The lowest BCUT2D eigenvalue weighted by Crippen LogP contribution is -2.36. The smallest absolute Gasteiger partial charge is 0.307 e. The highest BCUT2D eigenvalue weighted by molar-refractivity contribution is 6.06. The summed E-state index contributed by atoms with van der Waals surface area (Å²) in [5.74, 6) is -2.41. The number of benzene rings is 2. The minimum atomic E-state index is -0.899. The number of hydrogen-bond acceptors (Lipinski definition) is 3. The number of nitrogens with zero attached hydrogens (tertiary/aromatic N) is 1. The molecule has 2 aliphatic carbocycles. The summed E-state index contributed by atoms with van der Waals surface area (Å²) in [5, 5.41) is 13.5. The number of carbonyl (C=O) groups excluding carboxylic acids is 1. The van der Waals surface area contributed by atoms with Gasteiger partial charge < -0.3 is 10.4 Å². The number of allylic oxidation sites excluding steroid dienone is 2. The number of carboxylic acids is 1. The summed E-state index contributed by atoms with van der Waals surface area (Å²) in [7, 11) is 0. The SMILES string of the molecule is O=C(Nc1cccc2c(-c3ccccc3)ccnc12)[C@@H]1[C@H](C(=O)O)[C@@H]2C=C[C@H]1C2. The second-order valence-corrected chi connectivity index (χ2v) is 7.75. The van der Waals surface area contributed by atoms with Gasteiger partial charge in [0.2, 0.25) is 5.91 Å². The molecule has 2 aromatic carbocycles. The molecule has 5 nitrogen and oxygen atoms in total. The summed E-state index contributed by atoms with van der Waals surface area (Å²) in [6.07, 6.45) is 6.41. The molecule has 1 saturated carbocycles. The molecule has 0 aliphatic heterocycles. The zero-order chi connectivity index (χ0) is 20.0. The lowest BCUT2D eigenvalue weighted by atomic mass is 9.82. The van der Waals surface area contributed by atoms with Crippen LogP contribution in [0.3, 0.4) is 0 Å². The van der Waals surface area contributed by atoms with Crippen molar-refractivity contribution in [1.82, 2.24) is 4.98 Å². The summed E-state index contributed by atoms with van der Waals surface area (Å²) in [4.78, 5) is 29.3. The van der Waals surface area contributed by atoms with E-state index >= 15 is 0 Å². The third-order valence-corrected chi connectivity index (χ3v) is 6.16. The van der Waals surface area contributed by atoms with Crippen molar-refractivity contribution in [1.29, 1.82) is 0 Å². The van der Waals surface area contributed by atoms with E-state index in [4.69, 9.17) is 0 Å². The molecule has 29 heavy (non-hydrogen) atoms. The van der Waals surface area contributed by atoms with Crippen molar-refractivity contribution in [3.8, 4) is 11.1 Å². The molecule has 3 aromatic rings. The normalized spacial score (nSPS) is 24.7. The Balaban J connectivity index is 1.51. The molecule has 1 aromatic heterocycles. The van der Waals surface area contributed by atoms with E-state index in [0.29, 0.717) is 11.2 Å². The highest BCUT2D eigenvalue weighted by Crippen LogP contribution is 2.48. The molecule has 0 saturated heterocycles. The van der Waals surface area contributed by atoms with E-state index in [-0.39, 0.29) is 17.7 Å². The first-order chi connectivity index (χ1) is 14.1. The number of nitrogens with one attached hydrogen (secondary N) is 1. The molecule has 0 radical (unpaired) electrons. The van der Waals surface area contributed by atoms with E-state index in [1.54, 1.807) is 6.20 Å². The Morgan fingerprint density at radius 2 is 1.69 bits per heavy atom. The molecule has 5 heteroatoms. The zero-order valence-corrected chi connectivity index (χ0v) is 15.7. The summed E-state index contributed by atoms with van der Waals surface area (Å²) in [5.41, 5.74) is 3.43. The summed E-state index contributed by atoms with van der Waals surface area (Å²) >= 11 is 0. The van der Waals surface area contributed by atoms with Crippen molar-refractivity contribution in [3.63, 3.8) is 0 Å². The van der Waals surface area contributed by atoms with Crippen molar-refractivity contribution in [2.75, 3.05) is 5.32 Å². The first kappa shape index (κ1) is 17.6. The van der Waals surface area contributed by atoms with E-state index in [9.17, 15) is 14.7 Å². The lowest BCUT2D eigenvalue weighted by molar-refractivity contribution is -0.146. The first-order valence-corrected chi connectivity index (χ1v) is 9.78. The molecule has 1 heterocycles. The number of anilines is 1. The van der Waals surface area contributed by atoms with E-state index in [0.717, 1.165) is 22.9 Å². The van der Waals surface area contributed by atoms with Gasteiger partial charge in [-0.25, -0.2) is 0 Å². The Bertz CT molecular complexity index is 1140. The Hall–Kier alpha value is -3.47. The fraction of sp³-hybridized carbons (Fsp3) is 0.208. The molecule has 144 valence electrons. The fourth-order valence-corrected chi connectivity index (χ4v) is 4.88. The molecule has 2 aliphatic rings. The topological polar surface area (TPSA) is 79.3 Å². The van der Waals surface area contributed by atoms with Gasteiger partial charge in [0.1, 0.15) is 0 Å². The average Bonchev–Trinajstić information content (AvgIpc) is 3.36. The van der Waals surface area contributed by atoms with Crippen LogP contribution in [0.25, 0.3) is 22.0 Å². The molecule has 0 unspecified atom stereocenters. The van der Waals surface area contributed by atoms with Crippen LogP contribution in [0.2, 0.25) is 0 Å². The molecule has 5 rings (SSSR count). The number of para-hydroxylation sites is 1. The van der Waals surface area contributed by atoms with Gasteiger partial charge in [0.15, 0.2) is 0 Å². The molecular formula is C24H20N2O3. The van der Waals surface area contributed by atoms with Gasteiger partial charge in [0.25, 0.3) is 0 Å². The number of fused-ring (bicyclic) bond motifs is 3. The van der Waals surface area contributed by atoms with Gasteiger partial charge in [-0.1, -0.05) is 54.6 Å². The predicted molar refractivity (Wildman–Crippen MR) is 111 cm³/mol. The molecule has 2 N–H and O–H groups in total. The predicted octanol–water partition coefficient (Wildman–Crippen LogP) is 4.36. The highest BCUT2D eigenvalue weighted by Gasteiger charge is 2.51. The van der Waals surface area contributed by atoms with Crippen LogP contribution in [0.4, 0.5) is 5.69 Å². The number of pyridine rings is 1. The fourth-order valence-electron chi connectivity index (χ4n) is 4.88. The maximum absolute atomic E-state index is 13.1. The number of aliphatic carboxylic acids is 1. The van der Waals surface area contributed by atoms with Crippen molar-refractivity contribution >= 4 is 28.5 Å². The minimum Gasteiger partial charge on any atom is -0.481 e. The Labute approximate surface area is 168 Å². The second-order valence-electron chi connectivity index (χ2n) is 7.75. The van der Waals surface area contributed by atoms with Crippen LogP contribution in [0.1, 0.15) is 6.42 Å². The average molecular weight is 384 g/mol. The van der Waals surface area contributed by atoms with Gasteiger partial charge in [-0.3, -0.25) is 14.6 Å². The Morgan fingerprint density at radius 3 is 2.45 bits per heavy atom. The monoisotopic (exact) mass is 384 g/mol. The summed E-state index contributed by atoms with van der Waals surface area (Å²) in [6, 6.07) is 17.7. The van der Waals surface area contributed by atoms with Crippen LogP contribution in [0.5, 0.6) is 0 Å². The highest BCUT2D eigenvalue weighted by atomic mass is 16.4. The minimum absolute atomic E-state index is 0.0103. The van der Waals surface area contributed by atoms with Crippen LogP contribution in [0, 0.1) is 23.7 Å². The van der Waals surface area contributed by atoms with Crippen LogP contribution in [-0.2, 0) is 9.59 Å². The van der Waals surface area contributed by atoms with Crippen LogP contribution < -0.4 is 5.32 Å². The number of rotatable bonds is 4. The number of carbonyl (C=O) groups is 2. The first-order valence-electron chi connectivity index (χ1n) is 9.78. The van der Waals surface area contributed by atoms with E-state index in [1.165, 1.54) is 0 Å². The van der Waals surface area contributed by atoms with E-state index < -0.39 is 17.8 Å². The molecule has 2 bridgehead atoms. The van der Waals surface area contributed by atoms with E-state index in [1.807, 2.05) is 66.7 Å². The summed E-state index contributed by atoms with van der Waals surface area (Å²) < 4.78 is 0. The van der Waals surface area contributed by atoms with Crippen LogP contribution in [-0.4, -0.2) is 22.0 Å². The third-order valence-electron chi connectivity index (χ3n) is 6.16. The third kappa shape index (κ3) is 2.90. The van der Waals surface area contributed by atoms with Gasteiger partial charge in [-0.2, -0.15) is 0 Å². The van der Waals surface area contributed by atoms with Crippen molar-refractivity contribution in [2.24, 2.45) is 23.7 Å². The van der Waals surface area contributed by atoms with Gasteiger partial charge in [0, 0.05) is 11.6 Å². The van der Waals surface area contributed by atoms with Crippen molar-refractivity contribution in [3.05, 3.63) is 72.9 Å². The molecule has 1 fully saturated rings. The van der Waals surface area contributed by atoms with Crippen LogP contribution >= 0.6 is 0 Å². The van der Waals surface area contributed by atoms with Gasteiger partial charge in [-0.05, 0) is 41.5 Å². The molecular weight excluding hydrogens is 364 g/mol. The molecule has 1 amide bonds. The Morgan fingerprint density at radius 1 is 0.931 bits per heavy atom. The zero-order valence-electron chi connectivity index (χ0n) is 15.7. The van der Waals surface area contributed by atoms with Crippen molar-refractivity contribution < 1.29 is 14.7 Å². The Kier molecular flexibility index (Phi) is 4.16. The quantitative estimate of drug-likeness (QED) is 0.655. The van der Waals surface area contributed by atoms with Crippen molar-refractivity contribution in [2.45, 2.75) is 6.42 Å². The lowest BCUT2D eigenvalue weighted by Gasteiger charge is -2.24. The van der Waals surface area contributed by atoms with Crippen LogP contribution in [0.15, 0.2) is 72.9 Å². The second kappa shape index (κ2) is 6.85. The number of hydrogen-bond donors (Lipinski definition) is 2. The van der Waals surface area contributed by atoms with Gasteiger partial charge in [-0.15, -0.1) is 0 Å². The number of amides is 1. The molecule has 0 spiro atoms. The van der Waals surface area contributed by atoms with Gasteiger partial charge in [0.05, 0.1) is 23.0 Å². The number of aromatic nitrogens is 1. The largest absolute Gasteiger partial charge is 0.481 e.